The van der Waals surface area contributed by atoms with Gasteiger partial charge in [-0.3, -0.25) is 9.59 Å². The molecular weight excluding hydrogens is 342 g/mol. The molecule has 2 aromatic carbocycles. The Morgan fingerprint density at radius 1 is 1.16 bits per heavy atom. The molecule has 3 aromatic rings. The van der Waals surface area contributed by atoms with E-state index in [0.29, 0.717) is 27.3 Å². The number of methoxy groups -OCH3 is 1. The molecule has 2 heterocycles. The number of fused-ring (bicyclic) bond motifs is 2. The lowest BCUT2D eigenvalue weighted by Crippen LogP contribution is -2.21. The number of hydrogen-bond donors (Lipinski definition) is 1. The summed E-state index contributed by atoms with van der Waals surface area (Å²) < 4.78 is 10.9. The van der Waals surface area contributed by atoms with Crippen molar-refractivity contribution in [3.8, 4) is 5.75 Å². The Bertz CT molecular complexity index is 1070. The number of carbonyl (C=O) groups is 1. The molecule has 1 aliphatic rings. The Kier molecular flexibility index (Phi) is 3.54. The average Bonchev–Trinajstić information content (AvgIpc) is 2.94. The SMILES string of the molecule is COc1ccc(C2NC(=O)c3oc4cc(C)c(Cl)cc4c(=O)c32)cc1. The third-order valence-corrected chi connectivity index (χ3v) is 4.83. The lowest BCUT2D eigenvalue weighted by atomic mass is 9.99. The molecule has 0 saturated heterocycles. The lowest BCUT2D eigenvalue weighted by Gasteiger charge is -2.12. The van der Waals surface area contributed by atoms with Crippen molar-refractivity contribution in [3.63, 3.8) is 0 Å². The van der Waals surface area contributed by atoms with Crippen molar-refractivity contribution in [2.75, 3.05) is 7.11 Å². The van der Waals surface area contributed by atoms with Gasteiger partial charge in [-0.15, -0.1) is 0 Å². The predicted molar refractivity (Wildman–Crippen MR) is 94.5 cm³/mol. The van der Waals surface area contributed by atoms with E-state index in [0.717, 1.165) is 11.1 Å². The van der Waals surface area contributed by atoms with Crippen LogP contribution in [0.4, 0.5) is 0 Å². The van der Waals surface area contributed by atoms with Gasteiger partial charge >= 0.3 is 0 Å². The fourth-order valence-electron chi connectivity index (χ4n) is 3.08. The quantitative estimate of drug-likeness (QED) is 0.762. The number of rotatable bonds is 2. The van der Waals surface area contributed by atoms with Gasteiger partial charge in [-0.1, -0.05) is 23.7 Å². The molecule has 1 aromatic heterocycles. The zero-order chi connectivity index (χ0) is 17.7. The fourth-order valence-corrected chi connectivity index (χ4v) is 3.24. The molecule has 6 heteroatoms. The van der Waals surface area contributed by atoms with E-state index in [9.17, 15) is 9.59 Å². The molecule has 0 bridgehead atoms. The summed E-state index contributed by atoms with van der Waals surface area (Å²) in [6, 6.07) is 9.88. The van der Waals surface area contributed by atoms with Crippen LogP contribution in [0, 0.1) is 6.92 Å². The number of amides is 1. The Labute approximate surface area is 148 Å². The second kappa shape index (κ2) is 5.63. The molecule has 1 amide bonds. The van der Waals surface area contributed by atoms with Crippen molar-refractivity contribution >= 4 is 28.5 Å². The highest BCUT2D eigenvalue weighted by Gasteiger charge is 2.36. The first kappa shape index (κ1) is 15.7. The zero-order valence-electron chi connectivity index (χ0n) is 13.6. The van der Waals surface area contributed by atoms with Crippen LogP contribution in [0.15, 0.2) is 45.6 Å². The van der Waals surface area contributed by atoms with Gasteiger partial charge in [0.05, 0.1) is 24.1 Å². The van der Waals surface area contributed by atoms with E-state index < -0.39 is 11.9 Å². The number of halogens is 1. The second-order valence-corrected chi connectivity index (χ2v) is 6.36. The summed E-state index contributed by atoms with van der Waals surface area (Å²) in [7, 11) is 1.58. The highest BCUT2D eigenvalue weighted by Crippen LogP contribution is 2.32. The third-order valence-electron chi connectivity index (χ3n) is 4.43. The van der Waals surface area contributed by atoms with Crippen LogP contribution in [0.25, 0.3) is 11.0 Å². The molecule has 0 spiro atoms. The van der Waals surface area contributed by atoms with Crippen molar-refractivity contribution in [2.24, 2.45) is 0 Å². The largest absolute Gasteiger partial charge is 0.497 e. The van der Waals surface area contributed by atoms with Crippen molar-refractivity contribution < 1.29 is 13.9 Å². The van der Waals surface area contributed by atoms with E-state index in [1.807, 2.05) is 19.1 Å². The number of benzene rings is 2. The Morgan fingerprint density at radius 2 is 1.88 bits per heavy atom. The average molecular weight is 356 g/mol. The molecule has 1 aliphatic heterocycles. The maximum Gasteiger partial charge on any atom is 0.288 e. The Hall–Kier alpha value is -2.79. The second-order valence-electron chi connectivity index (χ2n) is 5.95. The van der Waals surface area contributed by atoms with Gasteiger partial charge in [0.15, 0.2) is 5.43 Å². The zero-order valence-corrected chi connectivity index (χ0v) is 14.3. The number of ether oxygens (including phenoxy) is 1. The van der Waals surface area contributed by atoms with Gasteiger partial charge < -0.3 is 14.5 Å². The standard InChI is InChI=1S/C19H14ClNO4/c1-9-7-14-12(8-13(9)20)17(22)15-16(21-19(23)18(15)25-14)10-3-5-11(24-2)6-4-10/h3-8,16H,1-2H3,(H,21,23). The van der Waals surface area contributed by atoms with Crippen molar-refractivity contribution in [3.05, 3.63) is 74.1 Å². The highest BCUT2D eigenvalue weighted by molar-refractivity contribution is 6.32. The first-order chi connectivity index (χ1) is 12.0. The summed E-state index contributed by atoms with van der Waals surface area (Å²) in [5.41, 5.74) is 1.97. The molecule has 5 nitrogen and oxygen atoms in total. The number of carbonyl (C=O) groups excluding carboxylic acids is 1. The molecule has 25 heavy (non-hydrogen) atoms. The molecule has 0 saturated carbocycles. The lowest BCUT2D eigenvalue weighted by molar-refractivity contribution is 0.0938. The van der Waals surface area contributed by atoms with Crippen LogP contribution in [0.5, 0.6) is 5.75 Å². The van der Waals surface area contributed by atoms with Gasteiger partial charge in [-0.05, 0) is 42.3 Å². The van der Waals surface area contributed by atoms with Crippen LogP contribution in [-0.2, 0) is 0 Å². The minimum absolute atomic E-state index is 0.0556. The first-order valence-electron chi connectivity index (χ1n) is 7.71. The number of hydrogen-bond acceptors (Lipinski definition) is 4. The molecule has 0 radical (unpaired) electrons. The number of aryl methyl sites for hydroxylation is 1. The Morgan fingerprint density at radius 3 is 2.56 bits per heavy atom. The molecule has 0 fully saturated rings. The van der Waals surface area contributed by atoms with Crippen LogP contribution < -0.4 is 15.5 Å². The third kappa shape index (κ3) is 2.39. The van der Waals surface area contributed by atoms with Crippen LogP contribution in [0.2, 0.25) is 5.02 Å². The number of nitrogens with one attached hydrogen (secondary N) is 1. The van der Waals surface area contributed by atoms with Gasteiger partial charge in [0.2, 0.25) is 5.76 Å². The van der Waals surface area contributed by atoms with Crippen LogP contribution in [0.1, 0.15) is 33.3 Å². The smallest absolute Gasteiger partial charge is 0.288 e. The van der Waals surface area contributed by atoms with Crippen molar-refractivity contribution in [2.45, 2.75) is 13.0 Å². The van der Waals surface area contributed by atoms with Gasteiger partial charge in [-0.2, -0.15) is 0 Å². The van der Waals surface area contributed by atoms with Crippen LogP contribution in [-0.4, -0.2) is 13.0 Å². The normalized spacial score (nSPS) is 16.0. The van der Waals surface area contributed by atoms with Crippen LogP contribution in [0.3, 0.4) is 0 Å². The van der Waals surface area contributed by atoms with E-state index in [1.54, 1.807) is 31.4 Å². The van der Waals surface area contributed by atoms with Crippen molar-refractivity contribution in [1.29, 1.82) is 0 Å². The van der Waals surface area contributed by atoms with Gasteiger partial charge in [0.1, 0.15) is 11.3 Å². The fraction of sp³-hybridized carbons (Fsp3) is 0.158. The van der Waals surface area contributed by atoms with Crippen LogP contribution >= 0.6 is 11.6 Å². The molecule has 0 aliphatic carbocycles. The Balaban J connectivity index is 1.94. The summed E-state index contributed by atoms with van der Waals surface area (Å²) in [6.45, 7) is 1.81. The molecular formula is C19H14ClNO4. The molecule has 4 rings (SSSR count). The molecule has 1 atom stereocenters. The first-order valence-corrected chi connectivity index (χ1v) is 8.09. The van der Waals surface area contributed by atoms with Gasteiger partial charge in [0.25, 0.3) is 5.91 Å². The summed E-state index contributed by atoms with van der Waals surface area (Å²) >= 11 is 6.15. The van der Waals surface area contributed by atoms with E-state index in [1.165, 1.54) is 0 Å². The van der Waals surface area contributed by atoms with E-state index in [4.69, 9.17) is 20.8 Å². The molecule has 1 unspecified atom stereocenters. The van der Waals surface area contributed by atoms with Crippen molar-refractivity contribution in [1.82, 2.24) is 5.32 Å². The summed E-state index contributed by atoms with van der Waals surface area (Å²) in [5.74, 6) is 0.351. The van der Waals surface area contributed by atoms with E-state index in [-0.39, 0.29) is 11.2 Å². The summed E-state index contributed by atoms with van der Waals surface area (Å²) in [6.07, 6.45) is 0. The van der Waals surface area contributed by atoms with Gasteiger partial charge in [-0.25, -0.2) is 0 Å². The highest BCUT2D eigenvalue weighted by atomic mass is 35.5. The summed E-state index contributed by atoms with van der Waals surface area (Å²) in [5, 5.41) is 3.66. The molecule has 1 N–H and O–H groups in total. The summed E-state index contributed by atoms with van der Waals surface area (Å²) in [4.78, 5) is 25.3. The maximum atomic E-state index is 13.0. The maximum absolute atomic E-state index is 13.0. The topological polar surface area (TPSA) is 68.5 Å². The van der Waals surface area contributed by atoms with E-state index in [2.05, 4.69) is 5.32 Å². The van der Waals surface area contributed by atoms with E-state index >= 15 is 0 Å². The minimum Gasteiger partial charge on any atom is -0.497 e. The minimum atomic E-state index is -0.561. The monoisotopic (exact) mass is 355 g/mol. The predicted octanol–water partition coefficient (Wildman–Crippen LogP) is 3.60. The van der Waals surface area contributed by atoms with Gasteiger partial charge in [0, 0.05) is 5.02 Å². The molecule has 126 valence electrons.